The second-order valence-corrected chi connectivity index (χ2v) is 6.56. The van der Waals surface area contributed by atoms with Crippen LogP contribution < -0.4 is 10.2 Å². The van der Waals surface area contributed by atoms with Crippen LogP contribution in [0.2, 0.25) is 0 Å². The zero-order valence-electron chi connectivity index (χ0n) is 13.8. The maximum atomic E-state index is 11.4. The van der Waals surface area contributed by atoms with Crippen LogP contribution >= 0.6 is 0 Å². The fourth-order valence-corrected chi connectivity index (χ4v) is 2.51. The Balaban J connectivity index is 3.36. The van der Waals surface area contributed by atoms with Gasteiger partial charge in [0.15, 0.2) is 0 Å². The first-order valence-corrected chi connectivity index (χ1v) is 7.81. The lowest BCUT2D eigenvalue weighted by molar-refractivity contribution is -0.256. The Labute approximate surface area is 132 Å². The van der Waals surface area contributed by atoms with Gasteiger partial charge in [-0.25, -0.2) is 0 Å². The van der Waals surface area contributed by atoms with Gasteiger partial charge in [-0.15, -0.1) is 0 Å². The van der Waals surface area contributed by atoms with E-state index in [1.54, 1.807) is 0 Å². The van der Waals surface area contributed by atoms with Gasteiger partial charge in [0.2, 0.25) is 0 Å². The van der Waals surface area contributed by atoms with Crippen molar-refractivity contribution in [2.45, 2.75) is 53.4 Å². The molecular formula is C18H24O4-2. The summed E-state index contributed by atoms with van der Waals surface area (Å²) >= 11 is 0. The van der Waals surface area contributed by atoms with E-state index in [1.165, 1.54) is 12.1 Å². The van der Waals surface area contributed by atoms with E-state index in [2.05, 4.69) is 27.7 Å². The van der Waals surface area contributed by atoms with E-state index in [0.717, 1.165) is 12.8 Å². The van der Waals surface area contributed by atoms with E-state index < -0.39 is 11.9 Å². The number of benzene rings is 1. The summed E-state index contributed by atoms with van der Waals surface area (Å²) in [7, 11) is 0. The van der Waals surface area contributed by atoms with Crippen LogP contribution in [0.3, 0.4) is 0 Å². The van der Waals surface area contributed by atoms with Crippen LogP contribution in [0, 0.1) is 11.8 Å². The molecule has 0 atom stereocenters. The molecule has 4 heteroatoms. The van der Waals surface area contributed by atoms with E-state index in [-0.39, 0.29) is 11.1 Å². The Kier molecular flexibility index (Phi) is 6.60. The van der Waals surface area contributed by atoms with Crippen LogP contribution in [0.25, 0.3) is 0 Å². The molecule has 0 unspecified atom stereocenters. The van der Waals surface area contributed by atoms with Gasteiger partial charge >= 0.3 is 0 Å². The Hall–Kier alpha value is -1.84. The highest BCUT2D eigenvalue weighted by molar-refractivity contribution is 5.93. The topological polar surface area (TPSA) is 80.3 Å². The lowest BCUT2D eigenvalue weighted by atomic mass is 9.87. The second-order valence-electron chi connectivity index (χ2n) is 6.56. The maximum absolute atomic E-state index is 11.4. The molecule has 4 nitrogen and oxygen atoms in total. The molecule has 0 N–H and O–H groups in total. The van der Waals surface area contributed by atoms with Gasteiger partial charge in [-0.05, 0) is 48.6 Å². The van der Waals surface area contributed by atoms with Crippen molar-refractivity contribution in [3.05, 3.63) is 34.4 Å². The van der Waals surface area contributed by atoms with Gasteiger partial charge < -0.3 is 19.8 Å². The van der Waals surface area contributed by atoms with Gasteiger partial charge in [-0.3, -0.25) is 0 Å². The molecule has 0 bridgehead atoms. The van der Waals surface area contributed by atoms with Crippen molar-refractivity contribution in [2.24, 2.45) is 11.8 Å². The van der Waals surface area contributed by atoms with E-state index >= 15 is 0 Å². The van der Waals surface area contributed by atoms with E-state index in [0.29, 0.717) is 35.8 Å². The van der Waals surface area contributed by atoms with Gasteiger partial charge in [0.05, 0.1) is 11.9 Å². The molecule has 0 aliphatic heterocycles. The highest BCUT2D eigenvalue weighted by atomic mass is 16.4. The predicted octanol–water partition coefficient (Wildman–Crippen LogP) is 1.59. The average Bonchev–Trinajstić information content (AvgIpc) is 2.41. The van der Waals surface area contributed by atoms with Gasteiger partial charge in [0.25, 0.3) is 0 Å². The molecule has 0 aliphatic rings. The second kappa shape index (κ2) is 7.97. The first-order valence-electron chi connectivity index (χ1n) is 7.81. The molecule has 0 aliphatic carbocycles. The fraction of sp³-hybridized carbons (Fsp3) is 0.556. The van der Waals surface area contributed by atoms with Crippen LogP contribution in [0.5, 0.6) is 0 Å². The molecule has 0 saturated carbocycles. The lowest BCUT2D eigenvalue weighted by Crippen LogP contribution is -2.28. The number of carbonyl (C=O) groups is 2. The minimum absolute atomic E-state index is 0.101. The summed E-state index contributed by atoms with van der Waals surface area (Å²) in [4.78, 5) is 22.7. The Bertz CT molecular complexity index is 495. The highest BCUT2D eigenvalue weighted by Gasteiger charge is 2.15. The molecule has 1 aromatic carbocycles. The third kappa shape index (κ3) is 4.86. The number of hydrogen-bond acceptors (Lipinski definition) is 4. The summed E-state index contributed by atoms with van der Waals surface area (Å²) in [6.45, 7) is 8.20. The first kappa shape index (κ1) is 18.2. The van der Waals surface area contributed by atoms with Crippen LogP contribution in [0.4, 0.5) is 0 Å². The highest BCUT2D eigenvalue weighted by Crippen LogP contribution is 2.25. The molecular weight excluding hydrogens is 280 g/mol. The number of carboxylic acid groups (broad SMARTS) is 2. The number of rotatable bonds is 8. The Morgan fingerprint density at radius 3 is 1.36 bits per heavy atom. The third-order valence-electron chi connectivity index (χ3n) is 3.81. The first-order chi connectivity index (χ1) is 10.2. The molecule has 122 valence electrons. The minimum Gasteiger partial charge on any atom is -0.545 e. The molecule has 0 amide bonds. The smallest absolute Gasteiger partial charge is 0.0718 e. The summed E-state index contributed by atoms with van der Waals surface area (Å²) in [5, 5.41) is 22.7. The quantitative estimate of drug-likeness (QED) is 0.730. The SMILES string of the molecule is CC(C)CCc1c(C(=O)[O-])ccc(C(=O)[O-])c1CCC(C)C. The van der Waals surface area contributed by atoms with Gasteiger partial charge in [0, 0.05) is 11.1 Å². The van der Waals surface area contributed by atoms with Crippen molar-refractivity contribution in [1.29, 1.82) is 0 Å². The van der Waals surface area contributed by atoms with E-state index in [1.807, 2.05) is 0 Å². The minimum atomic E-state index is -1.26. The summed E-state index contributed by atoms with van der Waals surface area (Å²) in [6, 6.07) is 2.66. The van der Waals surface area contributed by atoms with Gasteiger partial charge in [0.1, 0.15) is 0 Å². The Morgan fingerprint density at radius 1 is 0.818 bits per heavy atom. The van der Waals surface area contributed by atoms with Crippen molar-refractivity contribution >= 4 is 11.9 Å². The van der Waals surface area contributed by atoms with Crippen LogP contribution in [-0.4, -0.2) is 11.9 Å². The molecule has 0 aromatic heterocycles. The normalized spacial score (nSPS) is 11.2. The van der Waals surface area contributed by atoms with Crippen molar-refractivity contribution in [2.75, 3.05) is 0 Å². The molecule has 0 fully saturated rings. The number of carboxylic acids is 2. The number of aromatic carboxylic acids is 2. The molecule has 22 heavy (non-hydrogen) atoms. The average molecular weight is 304 g/mol. The molecule has 0 spiro atoms. The van der Waals surface area contributed by atoms with Crippen molar-refractivity contribution < 1.29 is 19.8 Å². The lowest BCUT2D eigenvalue weighted by Gasteiger charge is -2.21. The zero-order chi connectivity index (χ0) is 16.9. The van der Waals surface area contributed by atoms with Crippen LogP contribution in [-0.2, 0) is 12.8 Å². The molecule has 0 radical (unpaired) electrons. The Morgan fingerprint density at radius 2 is 1.14 bits per heavy atom. The van der Waals surface area contributed by atoms with Crippen molar-refractivity contribution in [1.82, 2.24) is 0 Å². The summed E-state index contributed by atoms with van der Waals surface area (Å²) < 4.78 is 0. The fourth-order valence-electron chi connectivity index (χ4n) is 2.51. The zero-order valence-corrected chi connectivity index (χ0v) is 13.8. The standard InChI is InChI=1S/C18H26O4/c1-11(2)5-7-13-14(8-6-12(3)4)16(18(21)22)10-9-15(13)17(19)20/h9-12H,5-8H2,1-4H3,(H,19,20)(H,21,22)/p-2. The summed E-state index contributed by atoms with van der Waals surface area (Å²) in [5.41, 5.74) is 1.39. The number of hydrogen-bond donors (Lipinski definition) is 0. The monoisotopic (exact) mass is 304 g/mol. The maximum Gasteiger partial charge on any atom is 0.0718 e. The van der Waals surface area contributed by atoms with Gasteiger partial charge in [-0.2, -0.15) is 0 Å². The van der Waals surface area contributed by atoms with Crippen molar-refractivity contribution in [3.63, 3.8) is 0 Å². The summed E-state index contributed by atoms with van der Waals surface area (Å²) in [6.07, 6.45) is 2.67. The largest absolute Gasteiger partial charge is 0.545 e. The van der Waals surface area contributed by atoms with E-state index in [9.17, 15) is 19.8 Å². The molecule has 1 rings (SSSR count). The molecule has 0 saturated heterocycles. The van der Waals surface area contributed by atoms with Crippen LogP contribution in [0.1, 0.15) is 72.4 Å². The van der Waals surface area contributed by atoms with Crippen molar-refractivity contribution in [3.8, 4) is 0 Å². The van der Waals surface area contributed by atoms with E-state index in [4.69, 9.17) is 0 Å². The number of carbonyl (C=O) groups excluding carboxylic acids is 2. The van der Waals surface area contributed by atoms with Gasteiger partial charge in [-0.1, -0.05) is 39.8 Å². The predicted molar refractivity (Wildman–Crippen MR) is 81.4 cm³/mol. The summed E-state index contributed by atoms with van der Waals surface area (Å²) in [5.74, 6) is -1.71. The molecule has 0 heterocycles. The molecule has 1 aromatic rings. The third-order valence-corrected chi connectivity index (χ3v) is 3.81. The van der Waals surface area contributed by atoms with Crippen LogP contribution in [0.15, 0.2) is 12.1 Å².